The fourth-order valence-electron chi connectivity index (χ4n) is 10.0. The highest BCUT2D eigenvalue weighted by Crippen LogP contribution is 2.18. The van der Waals surface area contributed by atoms with Crippen molar-refractivity contribution in [3.8, 4) is 0 Å². The number of hydrogen-bond acceptors (Lipinski definition) is 6. The van der Waals surface area contributed by atoms with Gasteiger partial charge in [0.05, 0.1) is 0 Å². The number of ether oxygens (including phenoxy) is 3. The summed E-state index contributed by atoms with van der Waals surface area (Å²) < 4.78 is 17.0. The number of hydrogen-bond donors (Lipinski definition) is 0. The molecule has 0 aliphatic heterocycles. The van der Waals surface area contributed by atoms with Crippen molar-refractivity contribution in [3.63, 3.8) is 0 Å². The summed E-state index contributed by atoms with van der Waals surface area (Å²) in [6.45, 7) is 6.68. The molecule has 0 saturated heterocycles. The summed E-state index contributed by atoms with van der Waals surface area (Å²) in [4.78, 5) is 38.3. The molecular formula is C67H126O6. The van der Waals surface area contributed by atoms with Crippen molar-refractivity contribution in [2.75, 3.05) is 13.2 Å². The molecule has 0 fully saturated rings. The largest absolute Gasteiger partial charge is 0.462 e. The first kappa shape index (κ1) is 70.9. The van der Waals surface area contributed by atoms with E-state index in [2.05, 4.69) is 45.1 Å². The van der Waals surface area contributed by atoms with E-state index in [-0.39, 0.29) is 31.1 Å². The Hall–Kier alpha value is -2.11. The predicted molar refractivity (Wildman–Crippen MR) is 316 cm³/mol. The molecule has 0 N–H and O–H groups in total. The Labute approximate surface area is 455 Å². The third-order valence-electron chi connectivity index (χ3n) is 15.0. The smallest absolute Gasteiger partial charge is 0.306 e. The molecule has 0 aromatic rings. The first-order valence-electron chi connectivity index (χ1n) is 32.8. The van der Waals surface area contributed by atoms with Gasteiger partial charge >= 0.3 is 17.9 Å². The molecule has 0 bridgehead atoms. The maximum atomic E-state index is 12.9. The van der Waals surface area contributed by atoms with Gasteiger partial charge in [-0.3, -0.25) is 14.4 Å². The third kappa shape index (κ3) is 60.6. The topological polar surface area (TPSA) is 78.9 Å². The molecule has 0 radical (unpaired) electrons. The van der Waals surface area contributed by atoms with E-state index in [1.165, 1.54) is 250 Å². The van der Waals surface area contributed by atoms with Crippen molar-refractivity contribution in [1.82, 2.24) is 0 Å². The van der Waals surface area contributed by atoms with Gasteiger partial charge in [0.1, 0.15) is 13.2 Å². The minimum absolute atomic E-state index is 0.0709. The van der Waals surface area contributed by atoms with Gasteiger partial charge in [-0.25, -0.2) is 0 Å². The van der Waals surface area contributed by atoms with Crippen molar-refractivity contribution >= 4 is 17.9 Å². The van der Waals surface area contributed by atoms with E-state index in [9.17, 15) is 14.4 Å². The van der Waals surface area contributed by atoms with Gasteiger partial charge in [-0.1, -0.05) is 321 Å². The second-order valence-electron chi connectivity index (χ2n) is 22.4. The summed E-state index contributed by atoms with van der Waals surface area (Å²) in [7, 11) is 0. The van der Waals surface area contributed by atoms with E-state index in [1.807, 2.05) is 0 Å². The molecule has 6 nitrogen and oxygen atoms in total. The van der Waals surface area contributed by atoms with Crippen LogP contribution in [-0.2, 0) is 28.6 Å². The number of carbonyl (C=O) groups is 3. The minimum Gasteiger partial charge on any atom is -0.462 e. The molecule has 430 valence electrons. The average molecular weight is 1030 g/mol. The lowest BCUT2D eigenvalue weighted by Gasteiger charge is -2.18. The van der Waals surface area contributed by atoms with Crippen LogP contribution >= 0.6 is 0 Å². The van der Waals surface area contributed by atoms with E-state index in [4.69, 9.17) is 14.2 Å². The Morgan fingerprint density at radius 2 is 0.493 bits per heavy atom. The first-order valence-corrected chi connectivity index (χ1v) is 32.8. The Morgan fingerprint density at radius 3 is 0.781 bits per heavy atom. The van der Waals surface area contributed by atoms with Crippen LogP contribution in [0.2, 0.25) is 0 Å². The third-order valence-corrected chi connectivity index (χ3v) is 15.0. The van der Waals surface area contributed by atoms with E-state index in [0.29, 0.717) is 19.3 Å². The van der Waals surface area contributed by atoms with Gasteiger partial charge in [0, 0.05) is 19.3 Å². The van der Waals surface area contributed by atoms with Crippen LogP contribution in [0.25, 0.3) is 0 Å². The molecule has 0 amide bonds. The lowest BCUT2D eigenvalue weighted by Crippen LogP contribution is -2.30. The summed E-state index contributed by atoms with van der Waals surface area (Å²) in [5.74, 6) is -0.855. The van der Waals surface area contributed by atoms with Crippen LogP contribution in [0.3, 0.4) is 0 Å². The van der Waals surface area contributed by atoms with Crippen molar-refractivity contribution in [2.45, 2.75) is 374 Å². The molecule has 6 heteroatoms. The highest BCUT2D eigenvalue weighted by atomic mass is 16.6. The summed E-state index contributed by atoms with van der Waals surface area (Å²) >= 11 is 0. The molecule has 73 heavy (non-hydrogen) atoms. The normalized spacial score (nSPS) is 11.7. The van der Waals surface area contributed by atoms with Gasteiger partial charge in [-0.15, -0.1) is 0 Å². The molecule has 0 spiro atoms. The standard InChI is InChI=1S/C67H126O6/c1-4-7-10-13-16-19-22-25-28-30-32-34-36-39-41-44-47-50-53-56-59-65(68)71-62-64(73-67(70)61-58-55-52-49-46-43-38-27-24-21-18-15-12-9-6-3)63-72-66(69)60-57-54-51-48-45-42-40-37-35-33-31-29-26-23-20-17-14-11-8-5-2/h18,21,27,38,64H,4-17,19-20,22-26,28-37,39-63H2,1-3H3/b21-18-,38-27-. The van der Waals surface area contributed by atoms with E-state index >= 15 is 0 Å². The SMILES string of the molecule is CCCCC/C=C\C/C=C\CCCCCCCC(=O)OC(COC(=O)CCCCCCCCCCCCCCCCCCCCCC)COC(=O)CCCCCCCCCCCCCCCCCCCCCC. The maximum Gasteiger partial charge on any atom is 0.306 e. The second kappa shape index (κ2) is 62.4. The monoisotopic (exact) mass is 1030 g/mol. The number of rotatable bonds is 61. The van der Waals surface area contributed by atoms with E-state index in [0.717, 1.165) is 77.0 Å². The Kier molecular flexibility index (Phi) is 60.6. The van der Waals surface area contributed by atoms with Crippen LogP contribution in [0, 0.1) is 0 Å². The minimum atomic E-state index is -0.775. The van der Waals surface area contributed by atoms with Gasteiger partial charge in [-0.05, 0) is 51.4 Å². The lowest BCUT2D eigenvalue weighted by molar-refractivity contribution is -0.167. The van der Waals surface area contributed by atoms with Gasteiger partial charge in [0.25, 0.3) is 0 Å². The molecule has 0 aliphatic carbocycles. The molecule has 0 aliphatic rings. The fraction of sp³-hybridized carbons (Fsp3) is 0.896. The zero-order chi connectivity index (χ0) is 52.9. The average Bonchev–Trinajstić information content (AvgIpc) is 3.39. The lowest BCUT2D eigenvalue weighted by atomic mass is 10.0. The molecule has 0 heterocycles. The van der Waals surface area contributed by atoms with Gasteiger partial charge in [0.15, 0.2) is 6.10 Å². The number of carbonyl (C=O) groups excluding carboxylic acids is 3. The molecule has 0 aromatic carbocycles. The molecule has 0 atom stereocenters. The number of unbranched alkanes of at least 4 members (excludes halogenated alkanes) is 46. The molecular weight excluding hydrogens is 901 g/mol. The van der Waals surface area contributed by atoms with Crippen molar-refractivity contribution in [2.24, 2.45) is 0 Å². The second-order valence-corrected chi connectivity index (χ2v) is 22.4. The quantitative estimate of drug-likeness (QED) is 0.0261. The van der Waals surface area contributed by atoms with Gasteiger partial charge in [0.2, 0.25) is 0 Å². The zero-order valence-electron chi connectivity index (χ0n) is 49.4. The van der Waals surface area contributed by atoms with Crippen LogP contribution in [0.1, 0.15) is 367 Å². The summed E-state index contributed by atoms with van der Waals surface area (Å²) in [6, 6.07) is 0. The number of allylic oxidation sites excluding steroid dienone is 4. The molecule has 0 aromatic heterocycles. The summed E-state index contributed by atoms with van der Waals surface area (Å²) in [6.07, 6.45) is 74.7. The summed E-state index contributed by atoms with van der Waals surface area (Å²) in [5, 5.41) is 0. The maximum absolute atomic E-state index is 12.9. The van der Waals surface area contributed by atoms with Crippen LogP contribution in [0.4, 0.5) is 0 Å². The Morgan fingerprint density at radius 1 is 0.274 bits per heavy atom. The number of esters is 3. The summed E-state index contributed by atoms with van der Waals surface area (Å²) in [5.41, 5.74) is 0. The highest BCUT2D eigenvalue weighted by molar-refractivity contribution is 5.71. The Balaban J connectivity index is 4.28. The van der Waals surface area contributed by atoms with Crippen LogP contribution in [-0.4, -0.2) is 37.2 Å². The van der Waals surface area contributed by atoms with E-state index in [1.54, 1.807) is 0 Å². The highest BCUT2D eigenvalue weighted by Gasteiger charge is 2.19. The van der Waals surface area contributed by atoms with Crippen molar-refractivity contribution in [3.05, 3.63) is 24.3 Å². The van der Waals surface area contributed by atoms with Gasteiger partial charge in [-0.2, -0.15) is 0 Å². The molecule has 0 rings (SSSR count). The zero-order valence-corrected chi connectivity index (χ0v) is 49.4. The van der Waals surface area contributed by atoms with E-state index < -0.39 is 6.10 Å². The van der Waals surface area contributed by atoms with Crippen LogP contribution in [0.5, 0.6) is 0 Å². The first-order chi connectivity index (χ1) is 36.0. The predicted octanol–water partition coefficient (Wildman–Crippen LogP) is 22.2. The van der Waals surface area contributed by atoms with Gasteiger partial charge < -0.3 is 14.2 Å². The molecule has 0 saturated carbocycles. The Bertz CT molecular complexity index is 1120. The fourth-order valence-corrected chi connectivity index (χ4v) is 10.0. The van der Waals surface area contributed by atoms with Crippen LogP contribution in [0.15, 0.2) is 24.3 Å². The van der Waals surface area contributed by atoms with Crippen LogP contribution < -0.4 is 0 Å². The van der Waals surface area contributed by atoms with Crippen molar-refractivity contribution < 1.29 is 28.6 Å². The van der Waals surface area contributed by atoms with Crippen molar-refractivity contribution in [1.29, 1.82) is 0 Å². The molecule has 0 unspecified atom stereocenters.